The fourth-order valence-electron chi connectivity index (χ4n) is 5.71. The molecule has 3 aromatic rings. The van der Waals surface area contributed by atoms with Gasteiger partial charge in [0, 0.05) is 38.1 Å². The Hall–Kier alpha value is -2.67. The normalized spacial score (nSPS) is 19.2. The van der Waals surface area contributed by atoms with E-state index in [1.807, 2.05) is 60.7 Å². The smallest absolute Gasteiger partial charge is 0.157 e. The molecule has 0 aliphatic carbocycles. The summed E-state index contributed by atoms with van der Waals surface area (Å²) in [6, 6.07) is 28.1. The average molecular weight is 477 g/mol. The van der Waals surface area contributed by atoms with Crippen LogP contribution in [0.5, 0.6) is 0 Å². The second-order valence-corrected chi connectivity index (χ2v) is 11.9. The summed E-state index contributed by atoms with van der Waals surface area (Å²) in [7, 11) is -3.55. The van der Waals surface area contributed by atoms with Crippen LogP contribution in [-0.2, 0) is 9.84 Å². The first-order valence-corrected chi connectivity index (χ1v) is 13.9. The Labute approximate surface area is 202 Å². The van der Waals surface area contributed by atoms with E-state index in [9.17, 15) is 13.5 Å². The summed E-state index contributed by atoms with van der Waals surface area (Å²) in [6.07, 6.45) is 3.55. The molecule has 0 saturated carbocycles. The van der Waals surface area contributed by atoms with Gasteiger partial charge in [-0.15, -0.1) is 0 Å². The van der Waals surface area contributed by atoms with Crippen LogP contribution < -0.4 is 4.90 Å². The highest BCUT2D eigenvalue weighted by atomic mass is 32.2. The van der Waals surface area contributed by atoms with Gasteiger partial charge in [-0.3, -0.25) is 4.90 Å². The third-order valence-corrected chi connectivity index (χ3v) is 8.68. The highest BCUT2D eigenvalue weighted by Crippen LogP contribution is 2.45. The summed E-state index contributed by atoms with van der Waals surface area (Å²) < 4.78 is 26.1. The average Bonchev–Trinajstić information content (AvgIpc) is 3.34. The molecule has 0 bridgehead atoms. The van der Waals surface area contributed by atoms with Crippen LogP contribution in [0.4, 0.5) is 5.69 Å². The van der Waals surface area contributed by atoms with Crippen LogP contribution in [0.1, 0.15) is 40.8 Å². The van der Waals surface area contributed by atoms with Crippen molar-refractivity contribution in [2.24, 2.45) is 0 Å². The summed E-state index contributed by atoms with van der Waals surface area (Å²) in [5.74, 6) is 0. The van der Waals surface area contributed by atoms with Crippen molar-refractivity contribution in [1.29, 1.82) is 0 Å². The van der Waals surface area contributed by atoms with Gasteiger partial charge < -0.3 is 10.0 Å². The zero-order valence-corrected chi connectivity index (χ0v) is 20.4. The largest absolute Gasteiger partial charge is 0.385 e. The summed E-state index contributed by atoms with van der Waals surface area (Å²) >= 11 is 0. The molecule has 5 nitrogen and oxygen atoms in total. The Morgan fingerprint density at radius 2 is 1.32 bits per heavy atom. The van der Waals surface area contributed by atoms with E-state index in [0.717, 1.165) is 42.7 Å². The van der Waals surface area contributed by atoms with Gasteiger partial charge in [0.2, 0.25) is 0 Å². The van der Waals surface area contributed by atoms with Crippen LogP contribution in [0, 0.1) is 0 Å². The van der Waals surface area contributed by atoms with Crippen LogP contribution in [0.2, 0.25) is 0 Å². The van der Waals surface area contributed by atoms with Gasteiger partial charge in [-0.1, -0.05) is 72.8 Å². The number of hydrogen-bond acceptors (Lipinski definition) is 5. The zero-order chi connectivity index (χ0) is 23.8. The summed E-state index contributed by atoms with van der Waals surface area (Å²) in [6.45, 7) is 2.54. The lowest BCUT2D eigenvalue weighted by atomic mass is 9.82. The molecule has 2 saturated heterocycles. The SMILES string of the molecule is CS(=O)(=O)C(c1cccc(N2CCCC2)c1)C1(O)CN(C(c2ccccc2)c2ccccc2)C1. The van der Waals surface area contributed by atoms with E-state index < -0.39 is 20.7 Å². The number of rotatable bonds is 7. The Morgan fingerprint density at radius 1 is 0.794 bits per heavy atom. The molecule has 5 rings (SSSR count). The van der Waals surface area contributed by atoms with Crippen molar-refractivity contribution in [1.82, 2.24) is 4.90 Å². The minimum absolute atomic E-state index is 0.0428. The third kappa shape index (κ3) is 4.50. The molecule has 1 N–H and O–H groups in total. The molecular weight excluding hydrogens is 444 g/mol. The maximum atomic E-state index is 13.0. The highest BCUT2D eigenvalue weighted by Gasteiger charge is 2.54. The Bertz CT molecular complexity index is 1180. The van der Waals surface area contributed by atoms with E-state index in [1.54, 1.807) is 0 Å². The molecule has 2 fully saturated rings. The van der Waals surface area contributed by atoms with Gasteiger partial charge in [-0.2, -0.15) is 0 Å². The first kappa shape index (κ1) is 23.1. The van der Waals surface area contributed by atoms with Crippen LogP contribution in [0.15, 0.2) is 84.9 Å². The van der Waals surface area contributed by atoms with E-state index >= 15 is 0 Å². The van der Waals surface area contributed by atoms with Gasteiger partial charge in [0.05, 0.1) is 6.04 Å². The molecule has 6 heteroatoms. The topological polar surface area (TPSA) is 60.9 Å². The van der Waals surface area contributed by atoms with Gasteiger partial charge >= 0.3 is 0 Å². The van der Waals surface area contributed by atoms with Crippen LogP contribution in [0.25, 0.3) is 0 Å². The number of hydrogen-bond donors (Lipinski definition) is 1. The van der Waals surface area contributed by atoms with Crippen molar-refractivity contribution in [3.8, 4) is 0 Å². The number of likely N-dealkylation sites (tertiary alicyclic amines) is 1. The Kier molecular flexibility index (Phi) is 6.23. The number of sulfone groups is 1. The molecule has 2 aliphatic rings. The lowest BCUT2D eigenvalue weighted by molar-refractivity contribution is -0.112. The second kappa shape index (κ2) is 9.17. The molecule has 0 amide bonds. The molecule has 0 aromatic heterocycles. The quantitative estimate of drug-likeness (QED) is 0.554. The fraction of sp³-hybridized carbons (Fsp3) is 0.357. The van der Waals surface area contributed by atoms with Crippen LogP contribution >= 0.6 is 0 Å². The third-order valence-electron chi connectivity index (χ3n) is 7.11. The molecule has 34 heavy (non-hydrogen) atoms. The van der Waals surface area contributed by atoms with Crippen molar-refractivity contribution < 1.29 is 13.5 Å². The predicted molar refractivity (Wildman–Crippen MR) is 137 cm³/mol. The molecular formula is C28H32N2O3S. The molecule has 0 radical (unpaired) electrons. The van der Waals surface area contributed by atoms with E-state index in [-0.39, 0.29) is 19.1 Å². The zero-order valence-electron chi connectivity index (χ0n) is 19.5. The first-order chi connectivity index (χ1) is 16.4. The van der Waals surface area contributed by atoms with E-state index in [2.05, 4.69) is 34.1 Å². The summed E-state index contributed by atoms with van der Waals surface area (Å²) in [4.78, 5) is 4.47. The molecule has 178 valence electrons. The predicted octanol–water partition coefficient (Wildman–Crippen LogP) is 4.21. The highest BCUT2D eigenvalue weighted by molar-refractivity contribution is 7.91. The summed E-state index contributed by atoms with van der Waals surface area (Å²) in [5, 5.41) is 10.7. The van der Waals surface area contributed by atoms with Gasteiger partial charge in [0.1, 0.15) is 10.9 Å². The fourth-order valence-corrected chi connectivity index (χ4v) is 7.29. The van der Waals surface area contributed by atoms with E-state index in [0.29, 0.717) is 5.56 Å². The lowest BCUT2D eigenvalue weighted by Crippen LogP contribution is -2.66. The van der Waals surface area contributed by atoms with Crippen LogP contribution in [0.3, 0.4) is 0 Å². The molecule has 2 heterocycles. The lowest BCUT2D eigenvalue weighted by Gasteiger charge is -2.53. The minimum Gasteiger partial charge on any atom is -0.385 e. The van der Waals surface area contributed by atoms with Crippen molar-refractivity contribution in [3.63, 3.8) is 0 Å². The molecule has 0 spiro atoms. The minimum atomic E-state index is -3.55. The van der Waals surface area contributed by atoms with Crippen LogP contribution in [-0.4, -0.2) is 56.5 Å². The van der Waals surface area contributed by atoms with Crippen molar-refractivity contribution in [3.05, 3.63) is 102 Å². The van der Waals surface area contributed by atoms with Gasteiger partial charge in [0.15, 0.2) is 9.84 Å². The monoisotopic (exact) mass is 476 g/mol. The Morgan fingerprint density at radius 3 is 1.85 bits per heavy atom. The Balaban J connectivity index is 1.45. The van der Waals surface area contributed by atoms with E-state index in [4.69, 9.17) is 0 Å². The van der Waals surface area contributed by atoms with Gasteiger partial charge in [-0.25, -0.2) is 8.42 Å². The standard InChI is InChI=1S/C28H32N2O3S/c1-34(32,33)27(24-15-10-16-25(19-24)29-17-8-9-18-29)28(31)20-30(21-28)26(22-11-4-2-5-12-22)23-13-6-3-7-14-23/h2-7,10-16,19,26-27,31H,8-9,17-18,20-21H2,1H3. The number of aliphatic hydroxyl groups is 1. The maximum absolute atomic E-state index is 13.0. The molecule has 3 aromatic carbocycles. The number of nitrogens with zero attached hydrogens (tertiary/aromatic N) is 2. The van der Waals surface area contributed by atoms with E-state index in [1.165, 1.54) is 6.26 Å². The van der Waals surface area contributed by atoms with Crippen molar-refractivity contribution in [2.75, 3.05) is 37.3 Å². The van der Waals surface area contributed by atoms with Gasteiger partial charge in [-0.05, 0) is 41.7 Å². The maximum Gasteiger partial charge on any atom is 0.157 e. The van der Waals surface area contributed by atoms with Crippen molar-refractivity contribution in [2.45, 2.75) is 29.7 Å². The van der Waals surface area contributed by atoms with Gasteiger partial charge in [0.25, 0.3) is 0 Å². The first-order valence-electron chi connectivity index (χ1n) is 12.0. The molecule has 1 unspecified atom stereocenters. The summed E-state index contributed by atoms with van der Waals surface area (Å²) in [5.41, 5.74) is 2.62. The second-order valence-electron chi connectivity index (χ2n) is 9.73. The molecule has 1 atom stereocenters. The number of β-amino-alcohol motifs (C(OH)–C–C–N with tert-alkyl or cyclic N) is 1. The number of anilines is 1. The molecule has 2 aliphatic heterocycles. The number of benzene rings is 3. The van der Waals surface area contributed by atoms with Crippen molar-refractivity contribution >= 4 is 15.5 Å².